The monoisotopic (exact) mass is 386 g/mol. The molecule has 2 amide bonds. The van der Waals surface area contributed by atoms with E-state index in [1.165, 1.54) is 11.3 Å². The molecule has 0 unspecified atom stereocenters. The number of aromatic nitrogens is 5. The van der Waals surface area contributed by atoms with Crippen molar-refractivity contribution in [3.63, 3.8) is 0 Å². The van der Waals surface area contributed by atoms with Crippen LogP contribution in [0.5, 0.6) is 0 Å². The lowest BCUT2D eigenvalue weighted by atomic mass is 9.96. The Morgan fingerprint density at radius 1 is 1.30 bits per heavy atom. The smallest absolute Gasteiger partial charge is 0.321 e. The first kappa shape index (κ1) is 17.7. The minimum Gasteiger partial charge on any atom is -0.354 e. The first-order valence-corrected chi connectivity index (χ1v) is 9.70. The van der Waals surface area contributed by atoms with Crippen molar-refractivity contribution in [1.29, 1.82) is 0 Å². The van der Waals surface area contributed by atoms with Crippen molar-refractivity contribution < 1.29 is 4.79 Å². The predicted octanol–water partition coefficient (Wildman–Crippen LogP) is 2.14. The second kappa shape index (κ2) is 6.76. The van der Waals surface area contributed by atoms with Crippen LogP contribution in [-0.4, -0.2) is 50.5 Å². The number of amides is 2. The number of fused-ring (bicyclic) bond motifs is 1. The van der Waals surface area contributed by atoms with Crippen molar-refractivity contribution in [2.45, 2.75) is 26.2 Å². The van der Waals surface area contributed by atoms with Crippen LogP contribution < -0.4 is 15.5 Å². The molecule has 0 saturated carbocycles. The fraction of sp³-hybridized carbons (Fsp3) is 0.471. The highest BCUT2D eigenvalue weighted by Crippen LogP contribution is 2.25. The molecule has 9 nitrogen and oxygen atoms in total. The van der Waals surface area contributed by atoms with Gasteiger partial charge in [0.05, 0.1) is 0 Å². The van der Waals surface area contributed by atoms with Gasteiger partial charge in [0.2, 0.25) is 0 Å². The number of urea groups is 1. The number of hydrogen-bond acceptors (Lipinski definition) is 7. The number of anilines is 2. The zero-order valence-corrected chi connectivity index (χ0v) is 16.3. The van der Waals surface area contributed by atoms with Gasteiger partial charge < -0.3 is 10.2 Å². The van der Waals surface area contributed by atoms with Gasteiger partial charge in [-0.05, 0) is 12.1 Å². The van der Waals surface area contributed by atoms with Gasteiger partial charge in [-0.3, -0.25) is 5.32 Å². The highest BCUT2D eigenvalue weighted by atomic mass is 32.1. The summed E-state index contributed by atoms with van der Waals surface area (Å²) in [6.45, 7) is 8.61. The van der Waals surface area contributed by atoms with Crippen LogP contribution in [0.25, 0.3) is 5.65 Å². The third-order valence-electron chi connectivity index (χ3n) is 4.40. The molecule has 1 aliphatic rings. The maximum atomic E-state index is 11.9. The van der Waals surface area contributed by atoms with E-state index in [0.717, 1.165) is 30.4 Å². The Hall–Kier alpha value is -2.75. The molecule has 0 bridgehead atoms. The van der Waals surface area contributed by atoms with E-state index in [9.17, 15) is 4.79 Å². The molecule has 3 aromatic rings. The highest BCUT2D eigenvalue weighted by Gasteiger charge is 2.29. The molecule has 4 rings (SSSR count). The summed E-state index contributed by atoms with van der Waals surface area (Å²) in [4.78, 5) is 18.1. The molecule has 1 saturated heterocycles. The predicted molar refractivity (Wildman–Crippen MR) is 104 cm³/mol. The average molecular weight is 386 g/mol. The molecular weight excluding hydrogens is 364 g/mol. The third kappa shape index (κ3) is 3.70. The minimum absolute atomic E-state index is 0.128. The summed E-state index contributed by atoms with van der Waals surface area (Å²) in [6, 6.07) is 3.69. The van der Waals surface area contributed by atoms with E-state index in [1.807, 2.05) is 22.0 Å². The second-order valence-electron chi connectivity index (χ2n) is 7.68. The standard InChI is InChI=1S/C17H22N8OS/c1-17(2,3)14-22-21-12-4-5-13(23-25(12)14)24-9-11(10-24)8-19-15(26)20-16-18-6-7-27-16/h4-7,11H,8-10H2,1-3H3,(H2,18,19,20,26). The number of nitrogens with one attached hydrogen (secondary N) is 2. The van der Waals surface area contributed by atoms with Gasteiger partial charge in [0.25, 0.3) is 0 Å². The van der Waals surface area contributed by atoms with E-state index in [1.54, 1.807) is 6.20 Å². The Kier molecular flexibility index (Phi) is 4.42. The molecular formula is C17H22N8OS. The van der Waals surface area contributed by atoms with Gasteiger partial charge in [-0.1, -0.05) is 20.8 Å². The van der Waals surface area contributed by atoms with Gasteiger partial charge in [0.1, 0.15) is 5.82 Å². The van der Waals surface area contributed by atoms with Crippen LogP contribution in [0.1, 0.15) is 26.6 Å². The summed E-state index contributed by atoms with van der Waals surface area (Å²) in [5, 5.41) is 21.2. The molecule has 0 aromatic carbocycles. The van der Waals surface area contributed by atoms with E-state index >= 15 is 0 Å². The summed E-state index contributed by atoms with van der Waals surface area (Å²) < 4.78 is 1.82. The van der Waals surface area contributed by atoms with Crippen LogP contribution in [0.2, 0.25) is 0 Å². The van der Waals surface area contributed by atoms with Gasteiger partial charge in [0.15, 0.2) is 16.6 Å². The zero-order chi connectivity index (χ0) is 19.0. The molecule has 0 radical (unpaired) electrons. The van der Waals surface area contributed by atoms with Crippen LogP contribution in [0.3, 0.4) is 0 Å². The van der Waals surface area contributed by atoms with Crippen molar-refractivity contribution in [1.82, 2.24) is 30.1 Å². The molecule has 0 spiro atoms. The summed E-state index contributed by atoms with van der Waals surface area (Å²) >= 11 is 1.40. The van der Waals surface area contributed by atoms with Crippen LogP contribution in [0, 0.1) is 5.92 Å². The largest absolute Gasteiger partial charge is 0.354 e. The summed E-state index contributed by atoms with van der Waals surface area (Å²) in [5.74, 6) is 2.14. The molecule has 27 heavy (non-hydrogen) atoms. The highest BCUT2D eigenvalue weighted by molar-refractivity contribution is 7.13. The number of rotatable bonds is 4. The quantitative estimate of drug-likeness (QED) is 0.712. The molecule has 4 heterocycles. The second-order valence-corrected chi connectivity index (χ2v) is 8.57. The SMILES string of the molecule is CC(C)(C)c1nnc2ccc(N3CC(CNC(=O)Nc4nccs4)C3)nn12. The lowest BCUT2D eigenvalue weighted by molar-refractivity contribution is 0.248. The number of carbonyl (C=O) groups is 1. The molecule has 10 heteroatoms. The fourth-order valence-electron chi connectivity index (χ4n) is 2.97. The van der Waals surface area contributed by atoms with Crippen molar-refractivity contribution in [2.24, 2.45) is 5.92 Å². The minimum atomic E-state index is -0.220. The maximum Gasteiger partial charge on any atom is 0.321 e. The Labute approximate surface area is 160 Å². The van der Waals surface area contributed by atoms with E-state index in [4.69, 9.17) is 5.10 Å². The summed E-state index contributed by atoms with van der Waals surface area (Å²) in [7, 11) is 0. The van der Waals surface area contributed by atoms with E-state index in [0.29, 0.717) is 17.6 Å². The molecule has 1 aliphatic heterocycles. The Morgan fingerprint density at radius 2 is 2.11 bits per heavy atom. The lowest BCUT2D eigenvalue weighted by Crippen LogP contribution is -2.52. The van der Waals surface area contributed by atoms with Crippen LogP contribution in [0.4, 0.5) is 15.7 Å². The molecule has 2 N–H and O–H groups in total. The molecule has 0 aliphatic carbocycles. The Bertz CT molecular complexity index is 940. The normalized spacial score (nSPS) is 15.0. The van der Waals surface area contributed by atoms with E-state index in [-0.39, 0.29) is 11.4 Å². The molecule has 1 fully saturated rings. The van der Waals surface area contributed by atoms with Gasteiger partial charge in [-0.25, -0.2) is 9.78 Å². The van der Waals surface area contributed by atoms with Crippen molar-refractivity contribution in [3.05, 3.63) is 29.5 Å². The van der Waals surface area contributed by atoms with Gasteiger partial charge in [-0.15, -0.1) is 26.6 Å². The first-order chi connectivity index (χ1) is 12.9. The van der Waals surface area contributed by atoms with Gasteiger partial charge in [0, 0.05) is 42.5 Å². The van der Waals surface area contributed by atoms with Crippen LogP contribution in [0.15, 0.2) is 23.7 Å². The van der Waals surface area contributed by atoms with E-state index < -0.39 is 0 Å². The fourth-order valence-corrected chi connectivity index (χ4v) is 3.49. The topological polar surface area (TPSA) is 100 Å². The molecule has 3 aromatic heterocycles. The van der Waals surface area contributed by atoms with E-state index in [2.05, 4.69) is 51.5 Å². The number of thiazole rings is 1. The number of carbonyl (C=O) groups excluding carboxylic acids is 1. The summed E-state index contributed by atoms with van der Waals surface area (Å²) in [6.07, 6.45) is 1.66. The number of hydrogen-bond donors (Lipinski definition) is 2. The van der Waals surface area contributed by atoms with Crippen molar-refractivity contribution >= 4 is 34.0 Å². The average Bonchev–Trinajstić information content (AvgIpc) is 3.21. The zero-order valence-electron chi connectivity index (χ0n) is 15.5. The van der Waals surface area contributed by atoms with Gasteiger partial charge in [-0.2, -0.15) is 4.52 Å². The third-order valence-corrected chi connectivity index (χ3v) is 5.09. The Morgan fingerprint density at radius 3 is 2.81 bits per heavy atom. The van der Waals surface area contributed by atoms with Gasteiger partial charge >= 0.3 is 6.03 Å². The molecule has 0 atom stereocenters. The molecule has 142 valence electrons. The van der Waals surface area contributed by atoms with Crippen molar-refractivity contribution in [2.75, 3.05) is 29.9 Å². The Balaban J connectivity index is 1.33. The van der Waals surface area contributed by atoms with Crippen molar-refractivity contribution in [3.8, 4) is 0 Å². The lowest BCUT2D eigenvalue weighted by Gasteiger charge is -2.40. The first-order valence-electron chi connectivity index (χ1n) is 8.82. The summed E-state index contributed by atoms with van der Waals surface area (Å²) in [5.41, 5.74) is 0.623. The number of nitrogens with zero attached hydrogens (tertiary/aromatic N) is 6. The van der Waals surface area contributed by atoms with Crippen LogP contribution >= 0.6 is 11.3 Å². The van der Waals surface area contributed by atoms with Crippen LogP contribution in [-0.2, 0) is 5.41 Å². The maximum absolute atomic E-state index is 11.9.